The first-order valence-electron chi connectivity index (χ1n) is 7.81. The number of rotatable bonds is 8. The maximum atomic E-state index is 6.52. The van der Waals surface area contributed by atoms with Gasteiger partial charge in [-0.15, -0.1) is 0 Å². The summed E-state index contributed by atoms with van der Waals surface area (Å²) >= 11 is 0. The third-order valence-electron chi connectivity index (χ3n) is 4.24. The fraction of sp³-hybridized carbons (Fsp3) is 0.647. The minimum atomic E-state index is -0.285. The van der Waals surface area contributed by atoms with Crippen LogP contribution in [-0.4, -0.2) is 18.3 Å². The lowest BCUT2D eigenvalue weighted by Crippen LogP contribution is -2.43. The summed E-state index contributed by atoms with van der Waals surface area (Å²) in [5.74, 6) is 0.929. The average Bonchev–Trinajstić information content (AvgIpc) is 3.28. The summed E-state index contributed by atoms with van der Waals surface area (Å²) in [4.78, 5) is 0. The van der Waals surface area contributed by atoms with Crippen LogP contribution in [0.3, 0.4) is 0 Å². The van der Waals surface area contributed by atoms with Crippen LogP contribution in [0.2, 0.25) is 0 Å². The first-order chi connectivity index (χ1) is 9.65. The molecule has 0 aromatic heterocycles. The number of ether oxygens (including phenoxy) is 2. The van der Waals surface area contributed by atoms with Gasteiger partial charge in [0.1, 0.15) is 5.75 Å². The van der Waals surface area contributed by atoms with E-state index in [0.717, 1.165) is 24.2 Å². The second-order valence-corrected chi connectivity index (χ2v) is 5.57. The summed E-state index contributed by atoms with van der Waals surface area (Å²) in [5.41, 5.74) is 7.33. The molecule has 3 nitrogen and oxygen atoms in total. The normalized spacial score (nSPS) is 17.0. The van der Waals surface area contributed by atoms with E-state index < -0.39 is 0 Å². The molecule has 0 bridgehead atoms. The molecule has 1 unspecified atom stereocenters. The van der Waals surface area contributed by atoms with Gasteiger partial charge in [-0.2, -0.15) is 0 Å². The van der Waals surface area contributed by atoms with Crippen LogP contribution in [0.25, 0.3) is 0 Å². The van der Waals surface area contributed by atoms with Crippen LogP contribution in [-0.2, 0) is 4.74 Å². The Bertz CT molecular complexity index is 425. The lowest BCUT2D eigenvalue weighted by Gasteiger charge is -2.37. The molecule has 1 atom stereocenters. The maximum Gasteiger partial charge on any atom is 0.120 e. The highest BCUT2D eigenvalue weighted by atomic mass is 16.5. The van der Waals surface area contributed by atoms with Crippen molar-refractivity contribution in [1.82, 2.24) is 0 Å². The standard InChI is InChI=1S/C17H27NO2/c1-4-17(5-2,19-6-3)16(18)13-8-7-9-15(12-13)20-14-10-11-14/h7-9,12,14,16H,4-6,10-11,18H2,1-3H3. The van der Waals surface area contributed by atoms with Crippen molar-refractivity contribution in [3.63, 3.8) is 0 Å². The number of hydrogen-bond acceptors (Lipinski definition) is 3. The fourth-order valence-electron chi connectivity index (χ4n) is 2.73. The maximum absolute atomic E-state index is 6.52. The molecule has 3 heteroatoms. The Morgan fingerprint density at radius 1 is 1.25 bits per heavy atom. The van der Waals surface area contributed by atoms with Crippen molar-refractivity contribution < 1.29 is 9.47 Å². The van der Waals surface area contributed by atoms with E-state index in [9.17, 15) is 0 Å². The van der Waals surface area contributed by atoms with Crippen LogP contribution in [0.4, 0.5) is 0 Å². The van der Waals surface area contributed by atoms with E-state index in [-0.39, 0.29) is 11.6 Å². The molecule has 0 spiro atoms. The Hall–Kier alpha value is -1.06. The third-order valence-corrected chi connectivity index (χ3v) is 4.24. The molecule has 0 heterocycles. The van der Waals surface area contributed by atoms with Gasteiger partial charge in [-0.1, -0.05) is 26.0 Å². The zero-order valence-electron chi connectivity index (χ0n) is 12.9. The Morgan fingerprint density at radius 2 is 1.95 bits per heavy atom. The predicted molar refractivity (Wildman–Crippen MR) is 82.0 cm³/mol. The van der Waals surface area contributed by atoms with Crippen molar-refractivity contribution in [2.45, 2.75) is 64.2 Å². The van der Waals surface area contributed by atoms with Crippen LogP contribution in [0, 0.1) is 0 Å². The van der Waals surface area contributed by atoms with Gasteiger partial charge in [0, 0.05) is 6.61 Å². The Balaban J connectivity index is 2.18. The molecule has 0 amide bonds. The first kappa shape index (κ1) is 15.3. The van der Waals surface area contributed by atoms with Gasteiger partial charge in [0.2, 0.25) is 0 Å². The Kier molecular flexibility index (Phi) is 5.06. The molecular weight excluding hydrogens is 250 g/mol. The van der Waals surface area contributed by atoms with Crippen molar-refractivity contribution >= 4 is 0 Å². The van der Waals surface area contributed by atoms with Gasteiger partial charge in [0.15, 0.2) is 0 Å². The van der Waals surface area contributed by atoms with Gasteiger partial charge in [0.25, 0.3) is 0 Å². The van der Waals surface area contributed by atoms with E-state index in [1.54, 1.807) is 0 Å². The third kappa shape index (κ3) is 3.33. The predicted octanol–water partition coefficient (Wildman–Crippen LogP) is 3.82. The van der Waals surface area contributed by atoms with Gasteiger partial charge >= 0.3 is 0 Å². The molecule has 20 heavy (non-hydrogen) atoms. The fourth-order valence-corrected chi connectivity index (χ4v) is 2.73. The summed E-state index contributed by atoms with van der Waals surface area (Å²) in [6.45, 7) is 7.00. The highest BCUT2D eigenvalue weighted by molar-refractivity contribution is 5.32. The van der Waals surface area contributed by atoms with Crippen molar-refractivity contribution in [1.29, 1.82) is 0 Å². The molecule has 1 saturated carbocycles. The number of nitrogens with two attached hydrogens (primary N) is 1. The second-order valence-electron chi connectivity index (χ2n) is 5.57. The molecule has 0 radical (unpaired) electrons. The molecular formula is C17H27NO2. The molecule has 0 aliphatic heterocycles. The molecule has 1 aliphatic carbocycles. The highest BCUT2D eigenvalue weighted by Gasteiger charge is 2.35. The zero-order chi connectivity index (χ0) is 14.6. The largest absolute Gasteiger partial charge is 0.490 e. The molecule has 112 valence electrons. The number of hydrogen-bond donors (Lipinski definition) is 1. The van der Waals surface area contributed by atoms with Gasteiger partial charge < -0.3 is 15.2 Å². The molecule has 1 aliphatic rings. The van der Waals surface area contributed by atoms with E-state index >= 15 is 0 Å². The topological polar surface area (TPSA) is 44.5 Å². The molecule has 1 fully saturated rings. The van der Waals surface area contributed by atoms with E-state index in [1.165, 1.54) is 12.8 Å². The molecule has 0 saturated heterocycles. The minimum absolute atomic E-state index is 0.125. The van der Waals surface area contributed by atoms with Crippen molar-refractivity contribution in [2.75, 3.05) is 6.61 Å². The Labute approximate surface area is 122 Å². The van der Waals surface area contributed by atoms with E-state index in [4.69, 9.17) is 15.2 Å². The highest BCUT2D eigenvalue weighted by Crippen LogP contribution is 2.35. The molecule has 2 rings (SSSR count). The van der Waals surface area contributed by atoms with E-state index in [0.29, 0.717) is 12.7 Å². The van der Waals surface area contributed by atoms with Crippen molar-refractivity contribution in [2.24, 2.45) is 5.73 Å². The van der Waals surface area contributed by atoms with Crippen molar-refractivity contribution in [3.05, 3.63) is 29.8 Å². The van der Waals surface area contributed by atoms with Crippen molar-refractivity contribution in [3.8, 4) is 5.75 Å². The second kappa shape index (κ2) is 6.59. The van der Waals surface area contributed by atoms with Gasteiger partial charge in [-0.05, 0) is 50.3 Å². The molecule has 2 N–H and O–H groups in total. The van der Waals surface area contributed by atoms with Crippen LogP contribution in [0.15, 0.2) is 24.3 Å². The average molecular weight is 277 g/mol. The van der Waals surface area contributed by atoms with Crippen LogP contribution >= 0.6 is 0 Å². The van der Waals surface area contributed by atoms with E-state index in [1.807, 2.05) is 19.1 Å². The zero-order valence-corrected chi connectivity index (χ0v) is 12.9. The van der Waals surface area contributed by atoms with Crippen LogP contribution in [0.1, 0.15) is 58.1 Å². The van der Waals surface area contributed by atoms with Crippen LogP contribution in [0.5, 0.6) is 5.75 Å². The molecule has 1 aromatic rings. The SMILES string of the molecule is CCOC(CC)(CC)C(N)c1cccc(OC2CC2)c1. The van der Waals surface area contributed by atoms with Crippen LogP contribution < -0.4 is 10.5 Å². The first-order valence-corrected chi connectivity index (χ1v) is 7.81. The monoisotopic (exact) mass is 277 g/mol. The van der Waals surface area contributed by atoms with Gasteiger partial charge in [-0.25, -0.2) is 0 Å². The summed E-state index contributed by atoms with van der Waals surface area (Å²) in [6.07, 6.45) is 4.57. The minimum Gasteiger partial charge on any atom is -0.490 e. The summed E-state index contributed by atoms with van der Waals surface area (Å²) in [6, 6.07) is 8.05. The summed E-state index contributed by atoms with van der Waals surface area (Å²) in [7, 11) is 0. The smallest absolute Gasteiger partial charge is 0.120 e. The summed E-state index contributed by atoms with van der Waals surface area (Å²) in [5, 5.41) is 0. The lowest BCUT2D eigenvalue weighted by atomic mass is 9.84. The summed E-state index contributed by atoms with van der Waals surface area (Å²) < 4.78 is 11.9. The Morgan fingerprint density at radius 3 is 2.50 bits per heavy atom. The van der Waals surface area contributed by atoms with Gasteiger partial charge in [0.05, 0.1) is 17.7 Å². The lowest BCUT2D eigenvalue weighted by molar-refractivity contribution is -0.0646. The molecule has 1 aromatic carbocycles. The number of benzene rings is 1. The quantitative estimate of drug-likeness (QED) is 0.785. The van der Waals surface area contributed by atoms with Gasteiger partial charge in [-0.3, -0.25) is 0 Å². The van der Waals surface area contributed by atoms with E-state index in [2.05, 4.69) is 26.0 Å².